The lowest BCUT2D eigenvalue weighted by Gasteiger charge is -2.13. The number of carboxylic acid groups (broad SMARTS) is 1. The predicted octanol–water partition coefficient (Wildman–Crippen LogP) is 1.11. The van der Waals surface area contributed by atoms with Gasteiger partial charge in [0.2, 0.25) is 5.91 Å². The van der Waals surface area contributed by atoms with E-state index in [0.29, 0.717) is 13.0 Å². The number of nitrogens with one attached hydrogen (secondary N) is 1. The molecular weight excluding hydrogens is 274 g/mol. The maximum Gasteiger partial charge on any atom is 0.326 e. The molecule has 6 heteroatoms. The summed E-state index contributed by atoms with van der Waals surface area (Å²) >= 11 is 0. The highest BCUT2D eigenvalue weighted by Gasteiger charge is 2.18. The van der Waals surface area contributed by atoms with E-state index in [0.717, 1.165) is 11.3 Å². The highest BCUT2D eigenvalue weighted by Crippen LogP contribution is 2.11. The van der Waals surface area contributed by atoms with Crippen LogP contribution in [0.3, 0.4) is 0 Å². The van der Waals surface area contributed by atoms with Crippen LogP contribution in [0, 0.1) is 6.92 Å². The highest BCUT2D eigenvalue weighted by atomic mass is 16.5. The minimum absolute atomic E-state index is 0.000932. The quantitative estimate of drug-likeness (QED) is 0.593. The third kappa shape index (κ3) is 6.76. The number of carbonyl (C=O) groups excluding carboxylic acids is 1. The molecule has 0 saturated heterocycles. The first-order valence-corrected chi connectivity index (χ1v) is 6.85. The van der Waals surface area contributed by atoms with Crippen molar-refractivity contribution in [2.75, 3.05) is 13.2 Å². The Morgan fingerprint density at radius 2 is 1.95 bits per heavy atom. The Morgan fingerprint density at radius 3 is 2.52 bits per heavy atom. The van der Waals surface area contributed by atoms with E-state index in [2.05, 4.69) is 5.32 Å². The lowest BCUT2D eigenvalue weighted by molar-refractivity contribution is -0.142. The Balaban J connectivity index is 2.23. The molecule has 116 valence electrons. The fraction of sp³-hybridized carbons (Fsp3) is 0.467. The van der Waals surface area contributed by atoms with E-state index in [9.17, 15) is 9.59 Å². The Kier molecular flexibility index (Phi) is 7.25. The van der Waals surface area contributed by atoms with Crippen LogP contribution in [0.2, 0.25) is 0 Å². The van der Waals surface area contributed by atoms with Crippen LogP contribution < -0.4 is 10.1 Å². The average Bonchev–Trinajstić information content (AvgIpc) is 2.45. The maximum absolute atomic E-state index is 11.6. The fourth-order valence-electron chi connectivity index (χ4n) is 1.71. The number of hydrogen-bond acceptors (Lipinski definition) is 4. The van der Waals surface area contributed by atoms with Crippen molar-refractivity contribution >= 4 is 11.9 Å². The first-order valence-electron chi connectivity index (χ1n) is 6.85. The molecular formula is C15H21NO5. The van der Waals surface area contributed by atoms with Gasteiger partial charge < -0.3 is 20.3 Å². The molecule has 1 aromatic carbocycles. The molecule has 1 unspecified atom stereocenters. The van der Waals surface area contributed by atoms with Crippen LogP contribution in [0.5, 0.6) is 5.75 Å². The number of aliphatic hydroxyl groups is 1. The Bertz CT molecular complexity index is 458. The van der Waals surface area contributed by atoms with E-state index in [4.69, 9.17) is 14.9 Å². The number of aliphatic hydroxyl groups excluding tert-OH is 1. The van der Waals surface area contributed by atoms with Gasteiger partial charge in [-0.1, -0.05) is 17.7 Å². The minimum atomic E-state index is -1.15. The molecule has 1 atom stereocenters. The van der Waals surface area contributed by atoms with E-state index in [-0.39, 0.29) is 25.4 Å². The summed E-state index contributed by atoms with van der Waals surface area (Å²) in [5.74, 6) is -0.763. The van der Waals surface area contributed by atoms with Crippen molar-refractivity contribution in [1.82, 2.24) is 5.32 Å². The molecule has 0 aliphatic rings. The van der Waals surface area contributed by atoms with Gasteiger partial charge in [0.1, 0.15) is 11.8 Å². The SMILES string of the molecule is Cc1ccc(OCCCC(=O)NC(CCO)C(=O)O)cc1. The number of carboxylic acids is 1. The first-order chi connectivity index (χ1) is 10.0. The molecule has 1 rings (SSSR count). The highest BCUT2D eigenvalue weighted by molar-refractivity contribution is 5.83. The maximum atomic E-state index is 11.6. The molecule has 3 N–H and O–H groups in total. The van der Waals surface area contributed by atoms with Crippen molar-refractivity contribution in [3.05, 3.63) is 29.8 Å². The third-order valence-corrected chi connectivity index (χ3v) is 2.89. The van der Waals surface area contributed by atoms with Gasteiger partial charge in [-0.2, -0.15) is 0 Å². The Hall–Kier alpha value is -2.08. The summed E-state index contributed by atoms with van der Waals surface area (Å²) in [6.45, 7) is 2.08. The summed E-state index contributed by atoms with van der Waals surface area (Å²) in [7, 11) is 0. The Labute approximate surface area is 123 Å². The smallest absolute Gasteiger partial charge is 0.326 e. The number of rotatable bonds is 9. The number of carbonyl (C=O) groups is 2. The normalized spacial score (nSPS) is 11.7. The van der Waals surface area contributed by atoms with Crippen molar-refractivity contribution in [2.45, 2.75) is 32.2 Å². The van der Waals surface area contributed by atoms with Crippen LogP contribution in [-0.2, 0) is 9.59 Å². The van der Waals surface area contributed by atoms with Gasteiger partial charge in [0.15, 0.2) is 0 Å². The summed E-state index contributed by atoms with van der Waals surface area (Å²) < 4.78 is 5.48. The first kappa shape index (κ1) is 17.0. The Morgan fingerprint density at radius 1 is 1.29 bits per heavy atom. The standard InChI is InChI=1S/C15H21NO5/c1-11-4-6-12(7-5-11)21-10-2-3-14(18)16-13(8-9-17)15(19)20/h4-7,13,17H,2-3,8-10H2,1H3,(H,16,18)(H,19,20). The van der Waals surface area contributed by atoms with Gasteiger partial charge in [-0.15, -0.1) is 0 Å². The molecule has 21 heavy (non-hydrogen) atoms. The zero-order valence-corrected chi connectivity index (χ0v) is 12.0. The molecule has 0 fully saturated rings. The number of hydrogen-bond donors (Lipinski definition) is 3. The summed E-state index contributed by atoms with van der Waals surface area (Å²) in [5.41, 5.74) is 1.14. The van der Waals surface area contributed by atoms with Gasteiger partial charge in [-0.3, -0.25) is 4.79 Å². The van der Waals surface area contributed by atoms with Gasteiger partial charge in [0, 0.05) is 19.4 Å². The number of ether oxygens (including phenoxy) is 1. The summed E-state index contributed by atoms with van der Waals surface area (Å²) in [6, 6.07) is 6.55. The van der Waals surface area contributed by atoms with Crippen LogP contribution in [0.15, 0.2) is 24.3 Å². The zero-order chi connectivity index (χ0) is 15.7. The molecule has 0 spiro atoms. The van der Waals surface area contributed by atoms with Gasteiger partial charge in [0.05, 0.1) is 6.61 Å². The second-order valence-electron chi connectivity index (χ2n) is 4.74. The second kappa shape index (κ2) is 8.97. The third-order valence-electron chi connectivity index (χ3n) is 2.89. The van der Waals surface area contributed by atoms with Crippen LogP contribution in [0.1, 0.15) is 24.8 Å². The largest absolute Gasteiger partial charge is 0.494 e. The van der Waals surface area contributed by atoms with Crippen LogP contribution >= 0.6 is 0 Å². The van der Waals surface area contributed by atoms with Crippen molar-refractivity contribution < 1.29 is 24.5 Å². The predicted molar refractivity (Wildman–Crippen MR) is 77.2 cm³/mol. The molecule has 0 saturated carbocycles. The molecule has 6 nitrogen and oxygen atoms in total. The summed E-state index contributed by atoms with van der Waals surface area (Å²) in [5, 5.41) is 19.9. The van der Waals surface area contributed by atoms with Crippen molar-refractivity contribution in [3.63, 3.8) is 0 Å². The number of benzene rings is 1. The van der Waals surface area contributed by atoms with E-state index in [1.54, 1.807) is 0 Å². The molecule has 0 aromatic heterocycles. The van der Waals surface area contributed by atoms with Gasteiger partial charge in [-0.25, -0.2) is 4.79 Å². The molecule has 1 aromatic rings. The summed E-state index contributed by atoms with van der Waals surface area (Å²) in [4.78, 5) is 22.4. The van der Waals surface area contributed by atoms with E-state index in [1.165, 1.54) is 0 Å². The van der Waals surface area contributed by atoms with Crippen molar-refractivity contribution in [1.29, 1.82) is 0 Å². The minimum Gasteiger partial charge on any atom is -0.494 e. The lowest BCUT2D eigenvalue weighted by Crippen LogP contribution is -2.41. The summed E-state index contributed by atoms with van der Waals surface area (Å²) in [6.07, 6.45) is 0.674. The molecule has 0 bridgehead atoms. The van der Waals surface area contributed by atoms with Gasteiger partial charge >= 0.3 is 5.97 Å². The molecule has 1 amide bonds. The van der Waals surface area contributed by atoms with E-state index >= 15 is 0 Å². The second-order valence-corrected chi connectivity index (χ2v) is 4.74. The van der Waals surface area contributed by atoms with Gasteiger partial charge in [-0.05, 0) is 25.5 Å². The molecule has 0 aliphatic carbocycles. The monoisotopic (exact) mass is 295 g/mol. The average molecular weight is 295 g/mol. The van der Waals surface area contributed by atoms with Gasteiger partial charge in [0.25, 0.3) is 0 Å². The molecule has 0 aliphatic heterocycles. The number of amides is 1. The van der Waals surface area contributed by atoms with Crippen LogP contribution in [0.4, 0.5) is 0 Å². The number of aliphatic carboxylic acids is 1. The van der Waals surface area contributed by atoms with Crippen LogP contribution in [-0.4, -0.2) is 41.3 Å². The fourth-order valence-corrected chi connectivity index (χ4v) is 1.71. The van der Waals surface area contributed by atoms with Crippen molar-refractivity contribution in [3.8, 4) is 5.75 Å². The zero-order valence-electron chi connectivity index (χ0n) is 12.0. The molecule has 0 radical (unpaired) electrons. The van der Waals surface area contributed by atoms with E-state index in [1.807, 2.05) is 31.2 Å². The number of aryl methyl sites for hydroxylation is 1. The van der Waals surface area contributed by atoms with Crippen molar-refractivity contribution in [2.24, 2.45) is 0 Å². The van der Waals surface area contributed by atoms with Crippen LogP contribution in [0.25, 0.3) is 0 Å². The lowest BCUT2D eigenvalue weighted by atomic mass is 10.2. The topological polar surface area (TPSA) is 95.9 Å². The molecule has 0 heterocycles. The van der Waals surface area contributed by atoms with E-state index < -0.39 is 12.0 Å².